The monoisotopic (exact) mass is 218 g/mol. The van der Waals surface area contributed by atoms with E-state index in [1.54, 1.807) is 23.6 Å². The van der Waals surface area contributed by atoms with Crippen molar-refractivity contribution in [2.45, 2.75) is 0 Å². The fourth-order valence-corrected chi connectivity index (χ4v) is 1.75. The minimum absolute atomic E-state index is 0.0393. The molecule has 0 spiro atoms. The molecule has 74 valence electrons. The van der Waals surface area contributed by atoms with Crippen LogP contribution in [0.3, 0.4) is 0 Å². The van der Waals surface area contributed by atoms with Gasteiger partial charge < -0.3 is 4.74 Å². The summed E-state index contributed by atoms with van der Waals surface area (Å²) < 4.78 is 4.56. The number of allylic oxidation sites excluding steroid dienone is 1. The van der Waals surface area contributed by atoms with Crippen molar-refractivity contribution in [3.63, 3.8) is 0 Å². The van der Waals surface area contributed by atoms with Gasteiger partial charge in [0, 0.05) is 4.88 Å². The van der Waals surface area contributed by atoms with Crippen LogP contribution in [0.15, 0.2) is 17.0 Å². The Morgan fingerprint density at radius 3 is 2.73 bits per heavy atom. The predicted octanol–water partition coefficient (Wildman–Crippen LogP) is 1.97. The molecular formula is C10H6N2O2S. The van der Waals surface area contributed by atoms with Crippen molar-refractivity contribution < 1.29 is 9.53 Å². The lowest BCUT2D eigenvalue weighted by Gasteiger charge is -1.96. The summed E-state index contributed by atoms with van der Waals surface area (Å²) in [6, 6.07) is 5.05. The van der Waals surface area contributed by atoms with Gasteiger partial charge in [0.15, 0.2) is 0 Å². The third-order valence-electron chi connectivity index (χ3n) is 1.62. The van der Waals surface area contributed by atoms with E-state index in [9.17, 15) is 4.79 Å². The fourth-order valence-electron chi connectivity index (χ4n) is 0.932. The Hall–Kier alpha value is -2.11. The lowest BCUT2D eigenvalue weighted by molar-refractivity contribution is 0.0601. The van der Waals surface area contributed by atoms with E-state index in [2.05, 4.69) is 4.74 Å². The topological polar surface area (TPSA) is 73.9 Å². The highest BCUT2D eigenvalue weighted by Gasteiger charge is 2.11. The van der Waals surface area contributed by atoms with Gasteiger partial charge in [0.25, 0.3) is 0 Å². The lowest BCUT2D eigenvalue weighted by Crippen LogP contribution is -2.00. The molecule has 0 saturated carbocycles. The Morgan fingerprint density at radius 1 is 1.53 bits per heavy atom. The van der Waals surface area contributed by atoms with Gasteiger partial charge in [-0.1, -0.05) is 0 Å². The third-order valence-corrected chi connectivity index (χ3v) is 2.48. The average Bonchev–Trinajstić information content (AvgIpc) is 2.72. The molecule has 0 unspecified atom stereocenters. The van der Waals surface area contributed by atoms with Crippen LogP contribution < -0.4 is 0 Å². The number of esters is 1. The van der Waals surface area contributed by atoms with Crippen molar-refractivity contribution in [3.8, 4) is 12.1 Å². The predicted molar refractivity (Wildman–Crippen MR) is 54.9 cm³/mol. The van der Waals surface area contributed by atoms with Crippen molar-refractivity contribution in [1.29, 1.82) is 10.5 Å². The van der Waals surface area contributed by atoms with Crippen LogP contribution in [-0.4, -0.2) is 13.1 Å². The van der Waals surface area contributed by atoms with E-state index in [0.29, 0.717) is 10.4 Å². The van der Waals surface area contributed by atoms with Gasteiger partial charge in [-0.05, 0) is 17.5 Å². The number of hydrogen-bond acceptors (Lipinski definition) is 5. The molecule has 1 rings (SSSR count). The molecule has 0 fully saturated rings. The summed E-state index contributed by atoms with van der Waals surface area (Å²) in [6.45, 7) is 0. The molecule has 0 aromatic carbocycles. The average molecular weight is 218 g/mol. The lowest BCUT2D eigenvalue weighted by atomic mass is 10.2. The van der Waals surface area contributed by atoms with E-state index < -0.39 is 5.97 Å². The van der Waals surface area contributed by atoms with Crippen LogP contribution in [0.25, 0.3) is 6.08 Å². The molecule has 0 aliphatic carbocycles. The molecular weight excluding hydrogens is 212 g/mol. The Kier molecular flexibility index (Phi) is 3.61. The standard InChI is InChI=1S/C10H6N2O2S/c1-14-10(13)8-2-3-15-9(8)4-7(5-11)6-12/h2-4H,1H3. The molecule has 0 aliphatic heterocycles. The van der Waals surface area contributed by atoms with Crippen LogP contribution in [0.4, 0.5) is 0 Å². The number of nitriles is 2. The summed E-state index contributed by atoms with van der Waals surface area (Å²) in [5.41, 5.74) is 0.327. The summed E-state index contributed by atoms with van der Waals surface area (Å²) in [6.07, 6.45) is 1.37. The zero-order valence-corrected chi connectivity index (χ0v) is 8.67. The number of ether oxygens (including phenoxy) is 1. The second-order valence-corrected chi connectivity index (χ2v) is 3.42. The molecule has 1 aromatic heterocycles. The number of carbonyl (C=O) groups excluding carboxylic acids is 1. The van der Waals surface area contributed by atoms with Crippen molar-refractivity contribution in [2.24, 2.45) is 0 Å². The normalized spacial score (nSPS) is 8.47. The zero-order chi connectivity index (χ0) is 11.3. The number of hydrogen-bond donors (Lipinski definition) is 0. The second kappa shape index (κ2) is 4.94. The van der Waals surface area contributed by atoms with Gasteiger partial charge in [-0.25, -0.2) is 4.79 Å². The summed E-state index contributed by atoms with van der Waals surface area (Å²) in [4.78, 5) is 11.8. The van der Waals surface area contributed by atoms with Crippen molar-refractivity contribution in [2.75, 3.05) is 7.11 Å². The first-order chi connectivity index (χ1) is 7.22. The van der Waals surface area contributed by atoms with Gasteiger partial charge >= 0.3 is 5.97 Å². The molecule has 0 aliphatic rings. The molecule has 0 atom stereocenters. The van der Waals surface area contributed by atoms with E-state index in [1.807, 2.05) is 0 Å². The first kappa shape index (κ1) is 11.0. The van der Waals surface area contributed by atoms with Gasteiger partial charge in [0.2, 0.25) is 0 Å². The van der Waals surface area contributed by atoms with Crippen molar-refractivity contribution >= 4 is 23.4 Å². The quantitative estimate of drug-likeness (QED) is 0.561. The zero-order valence-electron chi connectivity index (χ0n) is 7.85. The van der Waals surface area contributed by atoms with Gasteiger partial charge in [0.1, 0.15) is 17.7 Å². The van der Waals surface area contributed by atoms with Gasteiger partial charge in [-0.15, -0.1) is 11.3 Å². The Labute approximate surface area is 90.6 Å². The number of carbonyl (C=O) groups is 1. The smallest absolute Gasteiger partial charge is 0.339 e. The molecule has 0 radical (unpaired) electrons. The molecule has 1 aromatic rings. The van der Waals surface area contributed by atoms with E-state index >= 15 is 0 Å². The SMILES string of the molecule is COC(=O)c1ccsc1C=C(C#N)C#N. The summed E-state index contributed by atoms with van der Waals surface area (Å²) >= 11 is 1.27. The Balaban J connectivity index is 3.14. The summed E-state index contributed by atoms with van der Waals surface area (Å²) in [5, 5.41) is 18.8. The molecule has 0 amide bonds. The fraction of sp³-hybridized carbons (Fsp3) is 0.100. The minimum Gasteiger partial charge on any atom is -0.465 e. The first-order valence-corrected chi connectivity index (χ1v) is 4.78. The van der Waals surface area contributed by atoms with E-state index in [0.717, 1.165) is 0 Å². The Morgan fingerprint density at radius 2 is 2.20 bits per heavy atom. The van der Waals surface area contributed by atoms with Crippen LogP contribution in [0.1, 0.15) is 15.2 Å². The van der Waals surface area contributed by atoms with Crippen molar-refractivity contribution in [3.05, 3.63) is 27.5 Å². The molecule has 0 bridgehead atoms. The van der Waals surface area contributed by atoms with Gasteiger partial charge in [-0.2, -0.15) is 10.5 Å². The van der Waals surface area contributed by atoms with E-state index in [4.69, 9.17) is 10.5 Å². The minimum atomic E-state index is -0.474. The van der Waals surface area contributed by atoms with Crippen molar-refractivity contribution in [1.82, 2.24) is 0 Å². The maximum Gasteiger partial charge on any atom is 0.339 e. The number of thiophene rings is 1. The molecule has 15 heavy (non-hydrogen) atoms. The number of methoxy groups -OCH3 is 1. The van der Waals surface area contributed by atoms with Gasteiger partial charge in [0.05, 0.1) is 12.7 Å². The molecule has 5 heteroatoms. The molecule has 0 N–H and O–H groups in total. The molecule has 1 heterocycles. The molecule has 0 saturated heterocycles. The highest BCUT2D eigenvalue weighted by molar-refractivity contribution is 7.11. The van der Waals surface area contributed by atoms with Crippen LogP contribution in [0.2, 0.25) is 0 Å². The maximum absolute atomic E-state index is 11.2. The van der Waals surface area contributed by atoms with Crippen LogP contribution in [-0.2, 0) is 4.74 Å². The number of nitrogens with zero attached hydrogens (tertiary/aromatic N) is 2. The van der Waals surface area contributed by atoms with E-state index in [-0.39, 0.29) is 5.57 Å². The second-order valence-electron chi connectivity index (χ2n) is 2.47. The first-order valence-electron chi connectivity index (χ1n) is 3.90. The van der Waals surface area contributed by atoms with Crippen LogP contribution >= 0.6 is 11.3 Å². The van der Waals surface area contributed by atoms with Gasteiger partial charge in [-0.3, -0.25) is 0 Å². The van der Waals surface area contributed by atoms with E-state index in [1.165, 1.54) is 24.5 Å². The Bertz CT molecular complexity index is 472. The maximum atomic E-state index is 11.2. The third kappa shape index (κ3) is 2.43. The highest BCUT2D eigenvalue weighted by Crippen LogP contribution is 2.20. The molecule has 4 nitrogen and oxygen atoms in total. The largest absolute Gasteiger partial charge is 0.465 e. The number of rotatable bonds is 2. The summed E-state index contributed by atoms with van der Waals surface area (Å²) in [7, 11) is 1.28. The van der Waals surface area contributed by atoms with Crippen LogP contribution in [0, 0.1) is 22.7 Å². The van der Waals surface area contributed by atoms with Crippen LogP contribution in [0.5, 0.6) is 0 Å². The highest BCUT2D eigenvalue weighted by atomic mass is 32.1. The summed E-state index contributed by atoms with van der Waals surface area (Å²) in [5.74, 6) is -0.474.